The standard InChI is InChI=1S/C25H35N5O2/c1-18-13-21-22(16-30(18)14-19-9-6-5-7-10-19)26-17-27-23(21)29-12-8-11-20(15-29)28-24(31)32-25(2,3)4/h5-7,9-10,17-18,20H,8,11-16H2,1-4H3,(H,28,31)/t18?,20-/m1/s1. The Hall–Kier alpha value is -2.67. The van der Waals surface area contributed by atoms with Crippen molar-refractivity contribution in [1.29, 1.82) is 0 Å². The lowest BCUT2D eigenvalue weighted by atomic mass is 9.97. The highest BCUT2D eigenvalue weighted by Crippen LogP contribution is 2.31. The molecule has 4 rings (SSSR count). The molecule has 1 fully saturated rings. The highest BCUT2D eigenvalue weighted by Gasteiger charge is 2.31. The molecule has 1 aromatic carbocycles. The Morgan fingerprint density at radius 2 is 2.00 bits per heavy atom. The minimum absolute atomic E-state index is 0.0554. The Morgan fingerprint density at radius 1 is 1.22 bits per heavy atom. The van der Waals surface area contributed by atoms with Gasteiger partial charge in [-0.05, 0) is 52.5 Å². The van der Waals surface area contributed by atoms with Gasteiger partial charge in [0.05, 0.1) is 5.69 Å². The molecule has 0 aliphatic carbocycles. The van der Waals surface area contributed by atoms with Gasteiger partial charge in [-0.25, -0.2) is 14.8 Å². The molecule has 1 N–H and O–H groups in total. The molecule has 0 bridgehead atoms. The minimum Gasteiger partial charge on any atom is -0.444 e. The van der Waals surface area contributed by atoms with Crippen molar-refractivity contribution in [3.05, 3.63) is 53.5 Å². The van der Waals surface area contributed by atoms with Crippen LogP contribution >= 0.6 is 0 Å². The smallest absolute Gasteiger partial charge is 0.407 e. The number of alkyl carbamates (subject to hydrolysis) is 1. The Bertz CT molecular complexity index is 928. The molecule has 172 valence electrons. The first-order valence-corrected chi connectivity index (χ1v) is 11.6. The van der Waals surface area contributed by atoms with E-state index in [1.165, 1.54) is 11.1 Å². The predicted molar refractivity (Wildman–Crippen MR) is 125 cm³/mol. The van der Waals surface area contributed by atoms with E-state index in [-0.39, 0.29) is 12.1 Å². The van der Waals surface area contributed by atoms with Gasteiger partial charge in [0, 0.05) is 43.8 Å². The van der Waals surface area contributed by atoms with E-state index >= 15 is 0 Å². The number of benzene rings is 1. The van der Waals surface area contributed by atoms with Crippen LogP contribution in [0.5, 0.6) is 0 Å². The fourth-order valence-corrected chi connectivity index (χ4v) is 4.62. The number of rotatable bonds is 4. The molecule has 7 heteroatoms. The topological polar surface area (TPSA) is 70.6 Å². The van der Waals surface area contributed by atoms with E-state index in [0.29, 0.717) is 6.04 Å². The fraction of sp³-hybridized carbons (Fsp3) is 0.560. The van der Waals surface area contributed by atoms with Crippen molar-refractivity contribution in [2.45, 2.75) is 77.7 Å². The maximum absolute atomic E-state index is 12.2. The van der Waals surface area contributed by atoms with Crippen molar-refractivity contribution in [2.24, 2.45) is 0 Å². The summed E-state index contributed by atoms with van der Waals surface area (Å²) < 4.78 is 5.45. The number of nitrogens with one attached hydrogen (secondary N) is 1. The summed E-state index contributed by atoms with van der Waals surface area (Å²) in [5, 5.41) is 3.04. The van der Waals surface area contributed by atoms with Crippen LogP contribution < -0.4 is 10.2 Å². The van der Waals surface area contributed by atoms with Gasteiger partial charge in [0.15, 0.2) is 0 Å². The van der Waals surface area contributed by atoms with Crippen LogP contribution in [0.4, 0.5) is 10.6 Å². The van der Waals surface area contributed by atoms with Gasteiger partial charge in [-0.2, -0.15) is 0 Å². The van der Waals surface area contributed by atoms with Crippen molar-refractivity contribution in [3.63, 3.8) is 0 Å². The van der Waals surface area contributed by atoms with Crippen molar-refractivity contribution in [2.75, 3.05) is 18.0 Å². The predicted octanol–water partition coefficient (Wildman–Crippen LogP) is 3.92. The van der Waals surface area contributed by atoms with Crippen molar-refractivity contribution < 1.29 is 9.53 Å². The van der Waals surface area contributed by atoms with Crippen LogP contribution in [0, 0.1) is 0 Å². The van der Waals surface area contributed by atoms with Crippen LogP contribution in [0.15, 0.2) is 36.7 Å². The molecule has 1 saturated heterocycles. The van der Waals surface area contributed by atoms with E-state index in [9.17, 15) is 4.79 Å². The van der Waals surface area contributed by atoms with E-state index in [0.717, 1.165) is 57.0 Å². The Labute approximate surface area is 191 Å². The van der Waals surface area contributed by atoms with Gasteiger partial charge in [-0.15, -0.1) is 0 Å². The average molecular weight is 438 g/mol. The first-order chi connectivity index (χ1) is 15.3. The summed E-state index contributed by atoms with van der Waals surface area (Å²) in [6.07, 6.45) is 4.23. The molecule has 2 aliphatic heterocycles. The second-order valence-corrected chi connectivity index (χ2v) is 10.00. The monoisotopic (exact) mass is 437 g/mol. The second kappa shape index (κ2) is 9.45. The first-order valence-electron chi connectivity index (χ1n) is 11.6. The summed E-state index contributed by atoms with van der Waals surface area (Å²) in [5.41, 5.74) is 3.20. The number of hydrogen-bond donors (Lipinski definition) is 1. The van der Waals surface area contributed by atoms with Crippen LogP contribution in [-0.2, 0) is 24.2 Å². The third kappa shape index (κ3) is 5.57. The van der Waals surface area contributed by atoms with E-state index in [1.54, 1.807) is 6.33 Å². The van der Waals surface area contributed by atoms with E-state index in [1.807, 2.05) is 20.8 Å². The molecular formula is C25H35N5O2. The molecule has 0 saturated carbocycles. The summed E-state index contributed by atoms with van der Waals surface area (Å²) in [4.78, 5) is 26.4. The molecule has 3 heterocycles. The Kier molecular flexibility index (Phi) is 6.65. The Morgan fingerprint density at radius 3 is 2.75 bits per heavy atom. The van der Waals surface area contributed by atoms with Crippen LogP contribution in [0.3, 0.4) is 0 Å². The van der Waals surface area contributed by atoms with Gasteiger partial charge >= 0.3 is 6.09 Å². The molecule has 1 amide bonds. The van der Waals surface area contributed by atoms with Gasteiger partial charge < -0.3 is 15.0 Å². The lowest BCUT2D eigenvalue weighted by Crippen LogP contribution is -2.49. The van der Waals surface area contributed by atoms with E-state index < -0.39 is 5.60 Å². The number of ether oxygens (including phenoxy) is 1. The van der Waals surface area contributed by atoms with Crippen LogP contribution in [0.2, 0.25) is 0 Å². The van der Waals surface area contributed by atoms with Gasteiger partial charge in [0.2, 0.25) is 0 Å². The SMILES string of the molecule is CC1Cc2c(ncnc2N2CCC[C@@H](NC(=O)OC(C)(C)C)C2)CN1Cc1ccccc1. The maximum Gasteiger partial charge on any atom is 0.407 e. The fourth-order valence-electron chi connectivity index (χ4n) is 4.62. The number of carbonyl (C=O) groups excluding carboxylic acids is 1. The quantitative estimate of drug-likeness (QED) is 0.782. The molecule has 2 aromatic rings. The summed E-state index contributed by atoms with van der Waals surface area (Å²) in [6, 6.07) is 11.1. The first kappa shape index (κ1) is 22.5. The molecule has 1 unspecified atom stereocenters. The molecule has 1 aromatic heterocycles. The number of carbonyl (C=O) groups is 1. The summed E-state index contributed by atoms with van der Waals surface area (Å²) in [5.74, 6) is 1.02. The van der Waals surface area contributed by atoms with E-state index in [4.69, 9.17) is 4.74 Å². The number of fused-ring (bicyclic) bond motifs is 1. The zero-order chi connectivity index (χ0) is 22.7. The second-order valence-electron chi connectivity index (χ2n) is 10.00. The molecule has 2 aliphatic rings. The molecular weight excluding hydrogens is 402 g/mol. The largest absolute Gasteiger partial charge is 0.444 e. The normalized spacial score (nSPS) is 21.7. The van der Waals surface area contributed by atoms with Crippen LogP contribution in [0.1, 0.15) is 57.4 Å². The number of hydrogen-bond acceptors (Lipinski definition) is 6. The summed E-state index contributed by atoms with van der Waals surface area (Å²) in [7, 11) is 0. The van der Waals surface area contributed by atoms with Gasteiger partial charge in [-0.3, -0.25) is 4.90 Å². The molecule has 2 atom stereocenters. The summed E-state index contributed by atoms with van der Waals surface area (Å²) >= 11 is 0. The zero-order valence-electron chi connectivity index (χ0n) is 19.7. The third-order valence-corrected chi connectivity index (χ3v) is 6.16. The third-order valence-electron chi connectivity index (χ3n) is 6.16. The lowest BCUT2D eigenvalue weighted by Gasteiger charge is -2.39. The van der Waals surface area contributed by atoms with E-state index in [2.05, 4.69) is 62.3 Å². The van der Waals surface area contributed by atoms with Gasteiger partial charge in [0.25, 0.3) is 0 Å². The van der Waals surface area contributed by atoms with Gasteiger partial charge in [0.1, 0.15) is 17.7 Å². The lowest BCUT2D eigenvalue weighted by molar-refractivity contribution is 0.0500. The summed E-state index contributed by atoms with van der Waals surface area (Å²) in [6.45, 7) is 11.4. The molecule has 7 nitrogen and oxygen atoms in total. The Balaban J connectivity index is 1.45. The average Bonchev–Trinajstić information content (AvgIpc) is 2.73. The molecule has 32 heavy (non-hydrogen) atoms. The van der Waals surface area contributed by atoms with Crippen molar-refractivity contribution in [1.82, 2.24) is 20.2 Å². The van der Waals surface area contributed by atoms with Crippen LogP contribution in [-0.4, -0.2) is 51.7 Å². The number of piperidine rings is 1. The van der Waals surface area contributed by atoms with Gasteiger partial charge in [-0.1, -0.05) is 30.3 Å². The highest BCUT2D eigenvalue weighted by atomic mass is 16.6. The maximum atomic E-state index is 12.2. The highest BCUT2D eigenvalue weighted by molar-refractivity contribution is 5.68. The number of aromatic nitrogens is 2. The minimum atomic E-state index is -0.494. The molecule has 0 radical (unpaired) electrons. The number of anilines is 1. The van der Waals surface area contributed by atoms with Crippen LogP contribution in [0.25, 0.3) is 0 Å². The number of amides is 1. The molecule has 0 spiro atoms. The zero-order valence-corrected chi connectivity index (χ0v) is 19.7. The van der Waals surface area contributed by atoms with Crippen molar-refractivity contribution in [3.8, 4) is 0 Å². The van der Waals surface area contributed by atoms with Crippen molar-refractivity contribution >= 4 is 11.9 Å². The number of nitrogens with zero attached hydrogens (tertiary/aromatic N) is 4.